The number of aryl methyl sites for hydroxylation is 1. The second-order valence-electron chi connectivity index (χ2n) is 7.59. The lowest BCUT2D eigenvalue weighted by molar-refractivity contribution is -0.385. The molecule has 1 fully saturated rings. The lowest BCUT2D eigenvalue weighted by Gasteiger charge is -2.17. The fourth-order valence-corrected chi connectivity index (χ4v) is 3.44. The lowest BCUT2D eigenvalue weighted by Crippen LogP contribution is -2.28. The summed E-state index contributed by atoms with van der Waals surface area (Å²) in [7, 11) is 0. The summed E-state index contributed by atoms with van der Waals surface area (Å²) in [4.78, 5) is 60.5. The zero-order valence-electron chi connectivity index (χ0n) is 18.6. The third kappa shape index (κ3) is 5.74. The SMILES string of the molecule is CCOC(=O)c1ccc(N2C[C@@H](C(=O)OCC(=O)Nc3ccc(C)c([N+](=O)[O-])c3)CC2=O)cc1. The summed E-state index contributed by atoms with van der Waals surface area (Å²) in [5.41, 5.74) is 1.37. The summed E-state index contributed by atoms with van der Waals surface area (Å²) in [5, 5.41) is 13.5. The Morgan fingerprint density at radius 1 is 1.15 bits per heavy atom. The van der Waals surface area contributed by atoms with E-state index in [1.165, 1.54) is 35.2 Å². The molecule has 11 nitrogen and oxygen atoms in total. The monoisotopic (exact) mass is 469 g/mol. The third-order valence-electron chi connectivity index (χ3n) is 5.18. The molecule has 34 heavy (non-hydrogen) atoms. The molecule has 2 amide bonds. The van der Waals surface area contributed by atoms with Gasteiger partial charge in [0.15, 0.2) is 6.61 Å². The molecule has 0 aromatic heterocycles. The molecule has 0 unspecified atom stereocenters. The summed E-state index contributed by atoms with van der Waals surface area (Å²) in [5.74, 6) is -2.89. The van der Waals surface area contributed by atoms with Crippen LogP contribution in [0.1, 0.15) is 29.3 Å². The van der Waals surface area contributed by atoms with Crippen molar-refractivity contribution in [3.63, 3.8) is 0 Å². The molecular formula is C23H23N3O8. The number of hydrogen-bond acceptors (Lipinski definition) is 8. The van der Waals surface area contributed by atoms with Gasteiger partial charge < -0.3 is 19.7 Å². The van der Waals surface area contributed by atoms with Gasteiger partial charge in [-0.1, -0.05) is 6.07 Å². The first kappa shape index (κ1) is 24.4. The summed E-state index contributed by atoms with van der Waals surface area (Å²) in [6, 6.07) is 10.5. The molecule has 2 aromatic rings. The first-order chi connectivity index (χ1) is 16.2. The second-order valence-corrected chi connectivity index (χ2v) is 7.59. The summed E-state index contributed by atoms with van der Waals surface area (Å²) in [6.07, 6.45) is -0.0791. The number of carbonyl (C=O) groups is 4. The number of benzene rings is 2. The van der Waals surface area contributed by atoms with E-state index in [1.54, 1.807) is 26.0 Å². The maximum atomic E-state index is 12.4. The first-order valence-corrected chi connectivity index (χ1v) is 10.5. The fourth-order valence-electron chi connectivity index (χ4n) is 3.44. The van der Waals surface area contributed by atoms with Gasteiger partial charge >= 0.3 is 11.9 Å². The van der Waals surface area contributed by atoms with Crippen molar-refractivity contribution in [3.05, 3.63) is 63.7 Å². The van der Waals surface area contributed by atoms with Crippen molar-refractivity contribution in [1.29, 1.82) is 0 Å². The van der Waals surface area contributed by atoms with E-state index < -0.39 is 35.3 Å². The van der Waals surface area contributed by atoms with Crippen LogP contribution in [0.4, 0.5) is 17.1 Å². The van der Waals surface area contributed by atoms with Crippen LogP contribution in [0.15, 0.2) is 42.5 Å². The average molecular weight is 469 g/mol. The smallest absolute Gasteiger partial charge is 0.338 e. The van der Waals surface area contributed by atoms with Gasteiger partial charge in [0.2, 0.25) is 5.91 Å². The van der Waals surface area contributed by atoms with Crippen molar-refractivity contribution < 1.29 is 33.6 Å². The molecule has 0 bridgehead atoms. The molecule has 2 aromatic carbocycles. The van der Waals surface area contributed by atoms with Gasteiger partial charge in [-0.05, 0) is 44.2 Å². The highest BCUT2D eigenvalue weighted by atomic mass is 16.6. The van der Waals surface area contributed by atoms with E-state index in [9.17, 15) is 29.3 Å². The Labute approximate surface area is 194 Å². The Morgan fingerprint density at radius 2 is 1.85 bits per heavy atom. The number of amides is 2. The van der Waals surface area contributed by atoms with Crippen LogP contribution in [0.2, 0.25) is 0 Å². The highest BCUT2D eigenvalue weighted by molar-refractivity contribution is 6.00. The minimum Gasteiger partial charge on any atom is -0.462 e. The molecule has 1 heterocycles. The van der Waals surface area contributed by atoms with Crippen LogP contribution >= 0.6 is 0 Å². The van der Waals surface area contributed by atoms with Crippen molar-refractivity contribution in [2.45, 2.75) is 20.3 Å². The second kappa shape index (κ2) is 10.6. The molecule has 11 heteroatoms. The lowest BCUT2D eigenvalue weighted by atomic mass is 10.1. The van der Waals surface area contributed by atoms with Crippen molar-refractivity contribution in [1.82, 2.24) is 0 Å². The highest BCUT2D eigenvalue weighted by Crippen LogP contribution is 2.26. The van der Waals surface area contributed by atoms with E-state index in [2.05, 4.69) is 5.32 Å². The maximum absolute atomic E-state index is 12.4. The zero-order valence-corrected chi connectivity index (χ0v) is 18.6. The Kier molecular flexibility index (Phi) is 7.57. The number of ether oxygens (including phenoxy) is 2. The summed E-state index contributed by atoms with van der Waals surface area (Å²) >= 11 is 0. The number of nitrogens with zero attached hydrogens (tertiary/aromatic N) is 2. The van der Waals surface area contributed by atoms with Crippen molar-refractivity contribution in [2.75, 3.05) is 30.0 Å². The number of esters is 2. The predicted molar refractivity (Wildman–Crippen MR) is 120 cm³/mol. The van der Waals surface area contributed by atoms with E-state index in [4.69, 9.17) is 9.47 Å². The average Bonchev–Trinajstić information content (AvgIpc) is 3.20. The van der Waals surface area contributed by atoms with Crippen LogP contribution in [-0.4, -0.2) is 48.4 Å². The highest BCUT2D eigenvalue weighted by Gasteiger charge is 2.36. The van der Waals surface area contributed by atoms with Crippen molar-refractivity contribution in [3.8, 4) is 0 Å². The minimum atomic E-state index is -0.759. The van der Waals surface area contributed by atoms with E-state index >= 15 is 0 Å². The van der Waals surface area contributed by atoms with Gasteiger partial charge in [0.05, 0.1) is 23.0 Å². The van der Waals surface area contributed by atoms with Gasteiger partial charge in [-0.3, -0.25) is 24.5 Å². The predicted octanol–water partition coefficient (Wildman–Crippen LogP) is 2.61. The molecule has 0 spiro atoms. The standard InChI is InChI=1S/C23H23N3O8/c1-3-33-22(29)15-5-8-18(9-6-15)25-12-16(10-21(25)28)23(30)34-13-20(27)24-17-7-4-14(2)19(11-17)26(31)32/h4-9,11,16H,3,10,12-13H2,1-2H3,(H,24,27)/t16-/m0/s1. The Morgan fingerprint density at radius 3 is 2.50 bits per heavy atom. The van der Waals surface area contributed by atoms with E-state index in [1.807, 2.05) is 0 Å². The molecular weight excluding hydrogens is 446 g/mol. The van der Waals surface area contributed by atoms with Crippen LogP contribution < -0.4 is 10.2 Å². The zero-order chi connectivity index (χ0) is 24.8. The van der Waals surface area contributed by atoms with Gasteiger partial charge in [0.1, 0.15) is 0 Å². The van der Waals surface area contributed by atoms with Gasteiger partial charge in [0, 0.05) is 36.0 Å². The van der Waals surface area contributed by atoms with E-state index in [0.717, 1.165) is 0 Å². The number of carbonyl (C=O) groups excluding carboxylic acids is 4. The van der Waals surface area contributed by atoms with Crippen molar-refractivity contribution >= 4 is 40.8 Å². The largest absolute Gasteiger partial charge is 0.462 e. The van der Waals surface area contributed by atoms with Gasteiger partial charge in [0.25, 0.3) is 11.6 Å². The van der Waals surface area contributed by atoms with Gasteiger partial charge in [-0.25, -0.2) is 4.79 Å². The number of nitro benzene ring substituents is 1. The summed E-state index contributed by atoms with van der Waals surface area (Å²) in [6.45, 7) is 3.00. The molecule has 1 aliphatic heterocycles. The topological polar surface area (TPSA) is 145 Å². The first-order valence-electron chi connectivity index (χ1n) is 10.5. The number of nitrogens with one attached hydrogen (secondary N) is 1. The van der Waals surface area contributed by atoms with E-state index in [-0.39, 0.29) is 36.9 Å². The summed E-state index contributed by atoms with van der Waals surface area (Å²) < 4.78 is 9.97. The van der Waals surface area contributed by atoms with Gasteiger partial charge in [-0.2, -0.15) is 0 Å². The molecule has 0 aliphatic carbocycles. The molecule has 1 saturated heterocycles. The van der Waals surface area contributed by atoms with Crippen molar-refractivity contribution in [2.24, 2.45) is 5.92 Å². The minimum absolute atomic E-state index is 0.0716. The molecule has 3 rings (SSSR count). The number of nitro groups is 1. The molecule has 0 radical (unpaired) electrons. The number of rotatable bonds is 8. The maximum Gasteiger partial charge on any atom is 0.338 e. The quantitative estimate of drug-likeness (QED) is 0.353. The van der Waals surface area contributed by atoms with Crippen LogP contribution in [0.5, 0.6) is 0 Å². The fraction of sp³-hybridized carbons (Fsp3) is 0.304. The number of hydrogen-bond donors (Lipinski definition) is 1. The Bertz CT molecular complexity index is 1130. The Balaban J connectivity index is 1.53. The molecule has 0 saturated carbocycles. The molecule has 1 atom stereocenters. The molecule has 1 N–H and O–H groups in total. The van der Waals surface area contributed by atoms with Crippen LogP contribution in [-0.2, 0) is 23.9 Å². The Hall–Kier alpha value is -4.28. The molecule has 1 aliphatic rings. The van der Waals surface area contributed by atoms with Crippen LogP contribution in [0.3, 0.4) is 0 Å². The molecule has 178 valence electrons. The van der Waals surface area contributed by atoms with Crippen LogP contribution in [0.25, 0.3) is 0 Å². The van der Waals surface area contributed by atoms with Gasteiger partial charge in [-0.15, -0.1) is 0 Å². The normalized spacial score (nSPS) is 15.1. The van der Waals surface area contributed by atoms with Crippen LogP contribution in [0, 0.1) is 23.0 Å². The number of anilines is 2. The third-order valence-corrected chi connectivity index (χ3v) is 5.18. The van der Waals surface area contributed by atoms with E-state index in [0.29, 0.717) is 16.8 Å².